The first kappa shape index (κ1) is 23.4. The molecule has 6 nitrogen and oxygen atoms in total. The second kappa shape index (κ2) is 10.8. The first-order valence-corrected chi connectivity index (χ1v) is 12.1. The molecule has 1 fully saturated rings. The number of amides is 1. The van der Waals surface area contributed by atoms with Crippen LogP contribution in [0.15, 0.2) is 53.4 Å². The summed E-state index contributed by atoms with van der Waals surface area (Å²) in [5, 5.41) is 12.7. The zero-order valence-electron chi connectivity index (χ0n) is 17.5. The normalized spacial score (nSPS) is 16.5. The molecule has 168 valence electrons. The predicted octanol–water partition coefficient (Wildman–Crippen LogP) is 3.17. The van der Waals surface area contributed by atoms with Gasteiger partial charge in [0, 0.05) is 26.1 Å². The van der Waals surface area contributed by atoms with Gasteiger partial charge in [0.15, 0.2) is 0 Å². The number of sulfonamides is 1. The smallest absolute Gasteiger partial charge is 0.243 e. The summed E-state index contributed by atoms with van der Waals surface area (Å²) in [7, 11) is -3.48. The van der Waals surface area contributed by atoms with Gasteiger partial charge in [0.25, 0.3) is 0 Å². The third kappa shape index (κ3) is 6.59. The summed E-state index contributed by atoms with van der Waals surface area (Å²) in [5.41, 5.74) is 1.26. The first-order chi connectivity index (χ1) is 14.9. The Kier molecular flexibility index (Phi) is 8.17. The van der Waals surface area contributed by atoms with E-state index >= 15 is 0 Å². The molecule has 1 atom stereocenters. The van der Waals surface area contributed by atoms with Crippen molar-refractivity contribution in [2.75, 3.05) is 19.6 Å². The van der Waals surface area contributed by atoms with Gasteiger partial charge in [0.1, 0.15) is 5.82 Å². The largest absolute Gasteiger partial charge is 0.387 e. The summed E-state index contributed by atoms with van der Waals surface area (Å²) in [4.78, 5) is 12.4. The second-order valence-electron chi connectivity index (χ2n) is 7.84. The lowest BCUT2D eigenvalue weighted by Gasteiger charge is -2.20. The Hall–Kier alpha value is -2.29. The average Bonchev–Trinajstić information content (AvgIpc) is 3.06. The summed E-state index contributed by atoms with van der Waals surface area (Å²) in [6, 6.07) is 12.3. The minimum Gasteiger partial charge on any atom is -0.387 e. The molecule has 0 bridgehead atoms. The monoisotopic (exact) mass is 448 g/mol. The standard InChI is InChI=1S/C23H29FN2O4S/c24-20-7-5-6-19(16-20)22(27)17-25-23(28)13-10-18-8-11-21(12-9-18)31(29,30)26-14-3-1-2-4-15-26/h5-9,11-12,16,22,27H,1-4,10,13-15,17H2,(H,25,28). The Bertz CT molecular complexity index is 971. The molecule has 0 aromatic heterocycles. The molecule has 31 heavy (non-hydrogen) atoms. The van der Waals surface area contributed by atoms with Gasteiger partial charge in [-0.25, -0.2) is 12.8 Å². The molecule has 1 aliphatic heterocycles. The van der Waals surface area contributed by atoms with Gasteiger partial charge in [-0.15, -0.1) is 0 Å². The Labute approximate surface area is 183 Å². The lowest BCUT2D eigenvalue weighted by Crippen LogP contribution is -2.31. The van der Waals surface area contributed by atoms with Gasteiger partial charge in [0.2, 0.25) is 15.9 Å². The zero-order valence-corrected chi connectivity index (χ0v) is 18.3. The van der Waals surface area contributed by atoms with Crippen molar-refractivity contribution < 1.29 is 22.7 Å². The third-order valence-corrected chi connectivity index (χ3v) is 7.41. The number of aliphatic hydroxyl groups excluding tert-OH is 1. The van der Waals surface area contributed by atoms with Crippen LogP contribution in [0, 0.1) is 5.82 Å². The molecule has 1 saturated heterocycles. The van der Waals surface area contributed by atoms with Crippen LogP contribution < -0.4 is 5.32 Å². The number of nitrogens with zero attached hydrogens (tertiary/aromatic N) is 1. The van der Waals surface area contributed by atoms with Crippen LogP contribution in [0.2, 0.25) is 0 Å². The number of halogens is 1. The quantitative estimate of drug-likeness (QED) is 0.650. The van der Waals surface area contributed by atoms with Crippen LogP contribution >= 0.6 is 0 Å². The number of benzene rings is 2. The van der Waals surface area contributed by atoms with E-state index in [0.717, 1.165) is 31.2 Å². The summed E-state index contributed by atoms with van der Waals surface area (Å²) < 4.78 is 40.4. The van der Waals surface area contributed by atoms with Gasteiger partial charge in [0.05, 0.1) is 11.0 Å². The molecule has 0 radical (unpaired) electrons. The lowest BCUT2D eigenvalue weighted by molar-refractivity contribution is -0.121. The number of hydrogen-bond donors (Lipinski definition) is 2. The molecule has 8 heteroatoms. The number of aliphatic hydroxyl groups is 1. The minimum absolute atomic E-state index is 0.00466. The summed E-state index contributed by atoms with van der Waals surface area (Å²) in [5.74, 6) is -0.680. The van der Waals surface area contributed by atoms with E-state index in [0.29, 0.717) is 25.1 Å². The third-order valence-electron chi connectivity index (χ3n) is 5.49. The average molecular weight is 449 g/mol. The van der Waals surface area contributed by atoms with E-state index < -0.39 is 21.9 Å². The summed E-state index contributed by atoms with van der Waals surface area (Å²) in [6.45, 7) is 1.12. The summed E-state index contributed by atoms with van der Waals surface area (Å²) in [6.07, 6.45) is 3.57. The number of nitrogens with one attached hydrogen (secondary N) is 1. The van der Waals surface area contributed by atoms with Gasteiger partial charge in [-0.1, -0.05) is 37.1 Å². The number of hydrogen-bond acceptors (Lipinski definition) is 4. The van der Waals surface area contributed by atoms with Gasteiger partial charge >= 0.3 is 0 Å². The first-order valence-electron chi connectivity index (χ1n) is 10.7. The molecule has 2 aromatic carbocycles. The highest BCUT2D eigenvalue weighted by atomic mass is 32.2. The summed E-state index contributed by atoms with van der Waals surface area (Å²) >= 11 is 0. The van der Waals surface area contributed by atoms with E-state index in [1.165, 1.54) is 18.2 Å². The Balaban J connectivity index is 1.49. The number of carbonyl (C=O) groups excluding carboxylic acids is 1. The van der Waals surface area contributed by atoms with E-state index in [1.807, 2.05) is 0 Å². The molecule has 3 rings (SSSR count). The Morgan fingerprint density at radius 2 is 1.74 bits per heavy atom. The Morgan fingerprint density at radius 3 is 2.39 bits per heavy atom. The van der Waals surface area contributed by atoms with Crippen LogP contribution in [0.1, 0.15) is 49.3 Å². The van der Waals surface area contributed by atoms with Crippen molar-refractivity contribution in [1.82, 2.24) is 9.62 Å². The number of carbonyl (C=O) groups is 1. The van der Waals surface area contributed by atoms with E-state index in [2.05, 4.69) is 5.32 Å². The minimum atomic E-state index is -3.48. The fourth-order valence-electron chi connectivity index (χ4n) is 3.65. The molecule has 0 aliphatic carbocycles. The van der Waals surface area contributed by atoms with Crippen molar-refractivity contribution in [3.05, 3.63) is 65.5 Å². The Morgan fingerprint density at radius 1 is 1.06 bits per heavy atom. The lowest BCUT2D eigenvalue weighted by atomic mass is 10.1. The molecule has 0 spiro atoms. The van der Waals surface area contributed by atoms with Crippen molar-refractivity contribution in [1.29, 1.82) is 0 Å². The molecule has 1 unspecified atom stereocenters. The SMILES string of the molecule is O=C(CCc1ccc(S(=O)(=O)N2CCCCCC2)cc1)NCC(O)c1cccc(F)c1. The van der Waals surface area contributed by atoms with Crippen molar-refractivity contribution in [2.45, 2.75) is 49.5 Å². The van der Waals surface area contributed by atoms with E-state index in [4.69, 9.17) is 0 Å². The molecule has 1 aliphatic rings. The highest BCUT2D eigenvalue weighted by Crippen LogP contribution is 2.21. The zero-order chi connectivity index (χ0) is 22.3. The maximum Gasteiger partial charge on any atom is 0.243 e. The van der Waals surface area contributed by atoms with Gasteiger partial charge in [-0.3, -0.25) is 4.79 Å². The molecule has 2 N–H and O–H groups in total. The predicted molar refractivity (Wildman–Crippen MR) is 116 cm³/mol. The molecule has 2 aromatic rings. The maximum atomic E-state index is 13.2. The molecular formula is C23H29FN2O4S. The van der Waals surface area contributed by atoms with E-state index in [-0.39, 0.29) is 23.8 Å². The second-order valence-corrected chi connectivity index (χ2v) is 9.78. The van der Waals surface area contributed by atoms with Crippen LogP contribution in [0.3, 0.4) is 0 Å². The molecular weight excluding hydrogens is 419 g/mol. The van der Waals surface area contributed by atoms with Crippen LogP contribution in [-0.4, -0.2) is 43.4 Å². The van der Waals surface area contributed by atoms with Crippen molar-refractivity contribution in [3.8, 4) is 0 Å². The fourth-order valence-corrected chi connectivity index (χ4v) is 5.16. The van der Waals surface area contributed by atoms with Crippen LogP contribution in [0.4, 0.5) is 4.39 Å². The van der Waals surface area contributed by atoms with Crippen LogP contribution in [0.25, 0.3) is 0 Å². The van der Waals surface area contributed by atoms with Crippen molar-refractivity contribution >= 4 is 15.9 Å². The van der Waals surface area contributed by atoms with Gasteiger partial charge < -0.3 is 10.4 Å². The maximum absolute atomic E-state index is 13.2. The molecule has 0 saturated carbocycles. The fraction of sp³-hybridized carbons (Fsp3) is 0.435. The topological polar surface area (TPSA) is 86.7 Å². The molecule has 1 heterocycles. The van der Waals surface area contributed by atoms with Crippen molar-refractivity contribution in [3.63, 3.8) is 0 Å². The van der Waals surface area contributed by atoms with Crippen LogP contribution in [-0.2, 0) is 21.2 Å². The van der Waals surface area contributed by atoms with E-state index in [9.17, 15) is 22.7 Å². The number of aryl methyl sites for hydroxylation is 1. The van der Waals surface area contributed by atoms with Crippen LogP contribution in [0.5, 0.6) is 0 Å². The highest BCUT2D eigenvalue weighted by molar-refractivity contribution is 7.89. The number of rotatable bonds is 8. The van der Waals surface area contributed by atoms with Crippen molar-refractivity contribution in [2.24, 2.45) is 0 Å². The molecule has 1 amide bonds. The highest BCUT2D eigenvalue weighted by Gasteiger charge is 2.24. The van der Waals surface area contributed by atoms with E-state index in [1.54, 1.807) is 34.6 Å². The van der Waals surface area contributed by atoms with Gasteiger partial charge in [-0.2, -0.15) is 4.31 Å². The van der Waals surface area contributed by atoms with Gasteiger partial charge in [-0.05, 0) is 54.7 Å².